The number of benzene rings is 1. The third-order valence-electron chi connectivity index (χ3n) is 4.10. The number of nitrogens with one attached hydrogen (secondary N) is 1. The smallest absolute Gasteiger partial charge is 0.253 e. The van der Waals surface area contributed by atoms with Gasteiger partial charge in [-0.15, -0.1) is 0 Å². The summed E-state index contributed by atoms with van der Waals surface area (Å²) < 4.78 is 49.1. The molecule has 0 aliphatic carbocycles. The maximum atomic E-state index is 12.7. The third-order valence-corrected chi connectivity index (χ3v) is 8.15. The highest BCUT2D eigenvalue weighted by Crippen LogP contribution is 2.31. The highest BCUT2D eigenvalue weighted by molar-refractivity contribution is 7.91. The second kappa shape index (κ2) is 7.34. The van der Waals surface area contributed by atoms with Gasteiger partial charge in [0.05, 0.1) is 27.8 Å². The van der Waals surface area contributed by atoms with Crippen LogP contribution in [0.4, 0.5) is 5.69 Å². The molecule has 11 heteroatoms. The highest BCUT2D eigenvalue weighted by Gasteiger charge is 2.31. The summed E-state index contributed by atoms with van der Waals surface area (Å²) in [6.07, 6.45) is 0.335. The number of amides is 1. The Balaban J connectivity index is 2.47. The summed E-state index contributed by atoms with van der Waals surface area (Å²) in [6, 6.07) is 2.15. The van der Waals surface area contributed by atoms with E-state index in [9.17, 15) is 21.6 Å². The van der Waals surface area contributed by atoms with Crippen molar-refractivity contribution < 1.29 is 21.6 Å². The lowest BCUT2D eigenvalue weighted by molar-refractivity contribution is 0.0941. The maximum Gasteiger partial charge on any atom is 0.253 e. The SMILES string of the molecule is CN(C)c1cc(Cl)c(S(=O)(=O)N(C)C)cc1C(=O)N[C@H]1CCS(=O)(=O)C1. The van der Waals surface area contributed by atoms with E-state index in [1.54, 1.807) is 19.0 Å². The quantitative estimate of drug-likeness (QED) is 0.742. The first-order valence-corrected chi connectivity index (χ1v) is 11.4. The van der Waals surface area contributed by atoms with Crippen molar-refractivity contribution >= 4 is 43.1 Å². The molecule has 1 saturated heterocycles. The Kier molecular flexibility index (Phi) is 5.91. The highest BCUT2D eigenvalue weighted by atomic mass is 35.5. The van der Waals surface area contributed by atoms with Crippen LogP contribution in [-0.4, -0.2) is 72.8 Å². The average molecular weight is 424 g/mol. The van der Waals surface area contributed by atoms with E-state index in [1.807, 2.05) is 0 Å². The first-order valence-electron chi connectivity index (χ1n) is 7.80. The van der Waals surface area contributed by atoms with Crippen molar-refractivity contribution in [2.24, 2.45) is 0 Å². The monoisotopic (exact) mass is 423 g/mol. The number of sulfone groups is 1. The van der Waals surface area contributed by atoms with E-state index in [1.165, 1.54) is 26.2 Å². The van der Waals surface area contributed by atoms with Crippen LogP contribution in [0.25, 0.3) is 0 Å². The van der Waals surface area contributed by atoms with E-state index >= 15 is 0 Å². The van der Waals surface area contributed by atoms with Crippen LogP contribution in [0.5, 0.6) is 0 Å². The summed E-state index contributed by atoms with van der Waals surface area (Å²) in [6.45, 7) is 0. The zero-order chi connectivity index (χ0) is 19.9. The normalized spacial score (nSPS) is 19.5. The summed E-state index contributed by atoms with van der Waals surface area (Å²) in [4.78, 5) is 14.2. The van der Waals surface area contributed by atoms with E-state index in [2.05, 4.69) is 5.32 Å². The first-order chi connectivity index (χ1) is 11.8. The molecule has 0 aromatic heterocycles. The molecular weight excluding hydrogens is 402 g/mol. The van der Waals surface area contributed by atoms with Gasteiger partial charge in [0.25, 0.3) is 5.91 Å². The van der Waals surface area contributed by atoms with E-state index in [4.69, 9.17) is 11.6 Å². The Labute approximate surface area is 159 Å². The van der Waals surface area contributed by atoms with Gasteiger partial charge < -0.3 is 10.2 Å². The molecule has 1 N–H and O–H groups in total. The fourth-order valence-corrected chi connectivity index (χ4v) is 5.75. The lowest BCUT2D eigenvalue weighted by Crippen LogP contribution is -2.36. The molecule has 8 nitrogen and oxygen atoms in total. The number of anilines is 1. The minimum absolute atomic E-state index is 0.00222. The first kappa shape index (κ1) is 20.9. The van der Waals surface area contributed by atoms with Gasteiger partial charge in [0, 0.05) is 34.2 Å². The number of hydrogen-bond donors (Lipinski definition) is 1. The number of carbonyl (C=O) groups excluding carboxylic acids is 1. The number of hydrogen-bond acceptors (Lipinski definition) is 6. The number of sulfonamides is 1. The Bertz CT molecular complexity index is 927. The summed E-state index contributed by atoms with van der Waals surface area (Å²) >= 11 is 6.14. The second-order valence-electron chi connectivity index (χ2n) is 6.56. The van der Waals surface area contributed by atoms with Crippen molar-refractivity contribution in [1.82, 2.24) is 9.62 Å². The summed E-state index contributed by atoms with van der Waals surface area (Å²) in [5.74, 6) is -0.631. The van der Waals surface area contributed by atoms with Crippen LogP contribution in [0.1, 0.15) is 16.8 Å². The van der Waals surface area contributed by atoms with Crippen LogP contribution < -0.4 is 10.2 Å². The van der Waals surface area contributed by atoms with Gasteiger partial charge in [0.1, 0.15) is 4.90 Å². The molecule has 1 amide bonds. The van der Waals surface area contributed by atoms with Crippen LogP contribution in [0.2, 0.25) is 5.02 Å². The Morgan fingerprint density at radius 2 is 1.85 bits per heavy atom. The molecule has 1 fully saturated rings. The predicted octanol–water partition coefficient (Wildman–Crippen LogP) is 0.573. The zero-order valence-corrected chi connectivity index (χ0v) is 17.4. The van der Waals surface area contributed by atoms with Crippen LogP contribution in [0.15, 0.2) is 17.0 Å². The molecule has 146 valence electrons. The summed E-state index contributed by atoms with van der Waals surface area (Å²) in [5.41, 5.74) is 0.551. The maximum absolute atomic E-state index is 12.7. The van der Waals surface area contributed by atoms with Gasteiger partial charge in [-0.1, -0.05) is 11.6 Å². The third kappa shape index (κ3) is 4.30. The zero-order valence-electron chi connectivity index (χ0n) is 15.0. The molecule has 0 bridgehead atoms. The van der Waals surface area contributed by atoms with Crippen molar-refractivity contribution in [3.63, 3.8) is 0 Å². The van der Waals surface area contributed by atoms with Gasteiger partial charge in [-0.2, -0.15) is 0 Å². The molecule has 26 heavy (non-hydrogen) atoms. The molecule has 1 heterocycles. The molecule has 2 rings (SSSR count). The average Bonchev–Trinajstić information content (AvgIpc) is 2.84. The van der Waals surface area contributed by atoms with Crippen molar-refractivity contribution in [1.29, 1.82) is 0 Å². The molecule has 0 unspecified atom stereocenters. The van der Waals surface area contributed by atoms with Gasteiger partial charge in [-0.05, 0) is 18.6 Å². The van der Waals surface area contributed by atoms with E-state index in [-0.39, 0.29) is 27.0 Å². The Hall–Kier alpha value is -1.36. The topological polar surface area (TPSA) is 104 Å². The molecular formula is C15H22ClN3O5S2. The van der Waals surface area contributed by atoms with Crippen molar-refractivity contribution in [2.75, 3.05) is 44.6 Å². The molecule has 0 radical (unpaired) electrons. The molecule has 1 aliphatic heterocycles. The van der Waals surface area contributed by atoms with E-state index < -0.39 is 31.8 Å². The van der Waals surface area contributed by atoms with E-state index in [0.29, 0.717) is 12.1 Å². The predicted molar refractivity (Wildman–Crippen MR) is 101 cm³/mol. The van der Waals surface area contributed by atoms with Crippen LogP contribution in [0.3, 0.4) is 0 Å². The Morgan fingerprint density at radius 3 is 2.31 bits per heavy atom. The lowest BCUT2D eigenvalue weighted by atomic mass is 10.1. The van der Waals surface area contributed by atoms with Crippen molar-refractivity contribution in [2.45, 2.75) is 17.4 Å². The van der Waals surface area contributed by atoms with Gasteiger partial charge in [-0.25, -0.2) is 21.1 Å². The molecule has 1 aromatic carbocycles. The van der Waals surface area contributed by atoms with Crippen LogP contribution >= 0.6 is 11.6 Å². The summed E-state index contributed by atoms with van der Waals surface area (Å²) in [7, 11) is -0.859. The van der Waals surface area contributed by atoms with Crippen molar-refractivity contribution in [3.05, 3.63) is 22.7 Å². The van der Waals surface area contributed by atoms with E-state index in [0.717, 1.165) is 4.31 Å². The number of halogens is 1. The minimum atomic E-state index is -3.84. The van der Waals surface area contributed by atoms with Crippen molar-refractivity contribution in [3.8, 4) is 0 Å². The minimum Gasteiger partial charge on any atom is -0.377 e. The van der Waals surface area contributed by atoms with Crippen LogP contribution in [-0.2, 0) is 19.9 Å². The fourth-order valence-electron chi connectivity index (χ4n) is 2.66. The second-order valence-corrected chi connectivity index (χ2v) is 11.3. The number of rotatable bonds is 5. The van der Waals surface area contributed by atoms with Gasteiger partial charge >= 0.3 is 0 Å². The van der Waals surface area contributed by atoms with Gasteiger partial charge in [-0.3, -0.25) is 4.79 Å². The molecule has 0 saturated carbocycles. The lowest BCUT2D eigenvalue weighted by Gasteiger charge is -2.21. The van der Waals surface area contributed by atoms with Gasteiger partial charge in [0.15, 0.2) is 9.84 Å². The fraction of sp³-hybridized carbons (Fsp3) is 0.533. The molecule has 0 spiro atoms. The van der Waals surface area contributed by atoms with Crippen LogP contribution in [0, 0.1) is 0 Å². The number of carbonyl (C=O) groups is 1. The largest absolute Gasteiger partial charge is 0.377 e. The molecule has 1 aliphatic rings. The number of nitrogens with zero attached hydrogens (tertiary/aromatic N) is 2. The standard InChI is InChI=1S/C15H22ClN3O5S2/c1-18(2)13-8-12(16)14(26(23,24)19(3)4)7-11(13)15(20)17-10-5-6-25(21,22)9-10/h7-8,10H,5-6,9H2,1-4H3,(H,17,20)/t10-/m0/s1. The molecule has 1 aromatic rings. The summed E-state index contributed by atoms with van der Waals surface area (Å²) in [5, 5.41) is 2.68. The van der Waals surface area contributed by atoms with Gasteiger partial charge in [0.2, 0.25) is 10.0 Å². The molecule has 1 atom stereocenters. The Morgan fingerprint density at radius 1 is 1.23 bits per heavy atom.